The molecule has 20 heavy (non-hydrogen) atoms. The van der Waals surface area contributed by atoms with Gasteiger partial charge in [-0.3, -0.25) is 0 Å². The summed E-state index contributed by atoms with van der Waals surface area (Å²) in [4.78, 5) is 0. The van der Waals surface area contributed by atoms with E-state index in [4.69, 9.17) is 0 Å². The van der Waals surface area contributed by atoms with Gasteiger partial charge in [-0.05, 0) is 62.8 Å². The molecule has 0 amide bonds. The number of halogens is 1. The molecule has 3 rings (SSSR count). The van der Waals surface area contributed by atoms with E-state index in [0.29, 0.717) is 18.0 Å². The van der Waals surface area contributed by atoms with Crippen molar-refractivity contribution in [2.75, 3.05) is 11.9 Å². The molecule has 1 aromatic carbocycles. The van der Waals surface area contributed by atoms with Gasteiger partial charge in [0, 0.05) is 17.8 Å². The second-order valence-electron chi connectivity index (χ2n) is 6.36. The monoisotopic (exact) mass is 276 g/mol. The maximum Gasteiger partial charge on any atom is 0.125 e. The van der Waals surface area contributed by atoms with Crippen LogP contribution < -0.4 is 10.6 Å². The summed E-state index contributed by atoms with van der Waals surface area (Å²) in [6.07, 6.45) is 7.72. The lowest BCUT2D eigenvalue weighted by Gasteiger charge is -2.37. The molecule has 1 aliphatic carbocycles. The van der Waals surface area contributed by atoms with E-state index in [1.54, 1.807) is 6.07 Å². The third-order valence-electron chi connectivity index (χ3n) is 4.98. The molecule has 1 aliphatic heterocycles. The Hall–Kier alpha value is -1.09. The van der Waals surface area contributed by atoms with Crippen molar-refractivity contribution in [1.82, 2.24) is 5.32 Å². The van der Waals surface area contributed by atoms with Crippen LogP contribution in [0, 0.1) is 18.7 Å². The smallest absolute Gasteiger partial charge is 0.125 e. The number of rotatable bonds is 3. The highest BCUT2D eigenvalue weighted by molar-refractivity contribution is 5.51. The quantitative estimate of drug-likeness (QED) is 0.876. The number of anilines is 1. The Kier molecular flexibility index (Phi) is 4.25. The third-order valence-corrected chi connectivity index (χ3v) is 4.98. The van der Waals surface area contributed by atoms with E-state index in [-0.39, 0.29) is 5.82 Å². The van der Waals surface area contributed by atoms with Crippen LogP contribution in [0.25, 0.3) is 0 Å². The Morgan fingerprint density at radius 1 is 1.15 bits per heavy atom. The van der Waals surface area contributed by atoms with Gasteiger partial charge in [0.1, 0.15) is 5.82 Å². The van der Waals surface area contributed by atoms with E-state index < -0.39 is 0 Å². The normalized spacial score (nSPS) is 30.4. The molecule has 1 heterocycles. The van der Waals surface area contributed by atoms with Crippen molar-refractivity contribution in [3.05, 3.63) is 29.6 Å². The summed E-state index contributed by atoms with van der Waals surface area (Å²) in [6.45, 7) is 3.21. The summed E-state index contributed by atoms with van der Waals surface area (Å²) in [5.74, 6) is 0.540. The summed E-state index contributed by atoms with van der Waals surface area (Å²) in [7, 11) is 0. The molecule has 2 aliphatic rings. The number of benzene rings is 1. The van der Waals surface area contributed by atoms with Crippen molar-refractivity contribution in [1.29, 1.82) is 0 Å². The van der Waals surface area contributed by atoms with Gasteiger partial charge in [-0.2, -0.15) is 0 Å². The molecular formula is C17H25FN2. The zero-order valence-corrected chi connectivity index (χ0v) is 12.3. The van der Waals surface area contributed by atoms with Crippen molar-refractivity contribution in [2.24, 2.45) is 5.92 Å². The van der Waals surface area contributed by atoms with E-state index in [2.05, 4.69) is 10.6 Å². The average Bonchev–Trinajstić information content (AvgIpc) is 2.97. The largest absolute Gasteiger partial charge is 0.382 e. The lowest BCUT2D eigenvalue weighted by molar-refractivity contribution is 0.262. The second-order valence-corrected chi connectivity index (χ2v) is 6.36. The predicted molar refractivity (Wildman–Crippen MR) is 81.5 cm³/mol. The molecule has 0 radical (unpaired) electrons. The fourth-order valence-corrected chi connectivity index (χ4v) is 3.85. The zero-order chi connectivity index (χ0) is 13.9. The van der Waals surface area contributed by atoms with Gasteiger partial charge in [0.25, 0.3) is 0 Å². The topological polar surface area (TPSA) is 24.1 Å². The van der Waals surface area contributed by atoms with E-state index in [0.717, 1.165) is 17.8 Å². The summed E-state index contributed by atoms with van der Waals surface area (Å²) in [5, 5.41) is 7.29. The number of hydrogen-bond donors (Lipinski definition) is 2. The van der Waals surface area contributed by atoms with Crippen molar-refractivity contribution in [2.45, 2.75) is 57.5 Å². The van der Waals surface area contributed by atoms with Gasteiger partial charge in [0.2, 0.25) is 0 Å². The van der Waals surface area contributed by atoms with Crippen LogP contribution in [0.3, 0.4) is 0 Å². The minimum Gasteiger partial charge on any atom is -0.382 e. The molecule has 2 N–H and O–H groups in total. The summed E-state index contributed by atoms with van der Waals surface area (Å²) < 4.78 is 13.4. The first-order chi connectivity index (χ1) is 9.74. The van der Waals surface area contributed by atoms with Gasteiger partial charge in [0.05, 0.1) is 0 Å². The van der Waals surface area contributed by atoms with Crippen molar-refractivity contribution in [3.8, 4) is 0 Å². The van der Waals surface area contributed by atoms with Gasteiger partial charge < -0.3 is 10.6 Å². The summed E-state index contributed by atoms with van der Waals surface area (Å²) in [6, 6.07) is 6.19. The molecule has 1 saturated carbocycles. The second kappa shape index (κ2) is 6.13. The van der Waals surface area contributed by atoms with Gasteiger partial charge in [-0.25, -0.2) is 4.39 Å². The molecule has 1 aromatic rings. The Bertz CT molecular complexity index is 454. The predicted octanol–water partition coefficient (Wildman–Crippen LogP) is 3.86. The Labute approximate surface area is 121 Å². The molecule has 3 atom stereocenters. The van der Waals surface area contributed by atoms with Crippen LogP contribution >= 0.6 is 0 Å². The Morgan fingerprint density at radius 3 is 2.80 bits per heavy atom. The van der Waals surface area contributed by atoms with Crippen molar-refractivity contribution >= 4 is 5.69 Å². The first-order valence-corrected chi connectivity index (χ1v) is 8.00. The molecule has 110 valence electrons. The number of aryl methyl sites for hydroxylation is 1. The van der Waals surface area contributed by atoms with Crippen LogP contribution in [0.15, 0.2) is 18.2 Å². The SMILES string of the molecule is Cc1ccc(F)cc1NC1CCCCC1C1CCCN1. The van der Waals surface area contributed by atoms with Gasteiger partial charge in [0.15, 0.2) is 0 Å². The van der Waals surface area contributed by atoms with Gasteiger partial charge in [-0.1, -0.05) is 18.9 Å². The number of nitrogens with one attached hydrogen (secondary N) is 2. The third kappa shape index (κ3) is 2.98. The Balaban J connectivity index is 1.74. The van der Waals surface area contributed by atoms with E-state index in [1.165, 1.54) is 44.6 Å². The standard InChI is InChI=1S/C17H25FN2/c1-12-8-9-13(18)11-17(12)20-16-6-3-2-5-14(16)15-7-4-10-19-15/h8-9,11,14-16,19-20H,2-7,10H2,1H3. The first-order valence-electron chi connectivity index (χ1n) is 8.00. The first kappa shape index (κ1) is 13.9. The molecule has 0 aromatic heterocycles. The van der Waals surface area contributed by atoms with Crippen molar-refractivity contribution < 1.29 is 4.39 Å². The Morgan fingerprint density at radius 2 is 2.00 bits per heavy atom. The molecule has 1 saturated heterocycles. The maximum atomic E-state index is 13.4. The number of hydrogen-bond acceptors (Lipinski definition) is 2. The summed E-state index contributed by atoms with van der Waals surface area (Å²) >= 11 is 0. The molecule has 3 heteroatoms. The lowest BCUT2D eigenvalue weighted by Crippen LogP contribution is -2.43. The molecule has 0 spiro atoms. The average molecular weight is 276 g/mol. The van der Waals surface area contributed by atoms with Gasteiger partial charge >= 0.3 is 0 Å². The van der Waals surface area contributed by atoms with E-state index in [1.807, 2.05) is 13.0 Å². The van der Waals surface area contributed by atoms with Crippen LogP contribution in [0.4, 0.5) is 10.1 Å². The molecule has 2 fully saturated rings. The van der Waals surface area contributed by atoms with E-state index >= 15 is 0 Å². The minimum atomic E-state index is -0.149. The van der Waals surface area contributed by atoms with Gasteiger partial charge in [-0.15, -0.1) is 0 Å². The highest BCUT2D eigenvalue weighted by Gasteiger charge is 2.33. The highest BCUT2D eigenvalue weighted by Crippen LogP contribution is 2.33. The fraction of sp³-hybridized carbons (Fsp3) is 0.647. The highest BCUT2D eigenvalue weighted by atomic mass is 19.1. The van der Waals surface area contributed by atoms with Crippen LogP contribution in [-0.2, 0) is 0 Å². The molecular weight excluding hydrogens is 251 g/mol. The molecule has 2 nitrogen and oxygen atoms in total. The van der Waals surface area contributed by atoms with Crippen LogP contribution in [0.2, 0.25) is 0 Å². The van der Waals surface area contributed by atoms with Crippen molar-refractivity contribution in [3.63, 3.8) is 0 Å². The fourth-order valence-electron chi connectivity index (χ4n) is 3.85. The zero-order valence-electron chi connectivity index (χ0n) is 12.3. The molecule has 3 unspecified atom stereocenters. The van der Waals surface area contributed by atoms with E-state index in [9.17, 15) is 4.39 Å². The summed E-state index contributed by atoms with van der Waals surface area (Å²) in [5.41, 5.74) is 2.11. The van der Waals surface area contributed by atoms with Crippen LogP contribution in [-0.4, -0.2) is 18.6 Å². The van der Waals surface area contributed by atoms with Crippen LogP contribution in [0.5, 0.6) is 0 Å². The lowest BCUT2D eigenvalue weighted by atomic mass is 9.79. The van der Waals surface area contributed by atoms with Crippen LogP contribution in [0.1, 0.15) is 44.1 Å². The molecule has 0 bridgehead atoms. The maximum absolute atomic E-state index is 13.4. The minimum absolute atomic E-state index is 0.149.